The molecule has 0 saturated heterocycles. The molecule has 1 saturated carbocycles. The maximum absolute atomic E-state index is 11.6. The van der Waals surface area contributed by atoms with Gasteiger partial charge in [-0.05, 0) is 56.8 Å². The number of hydrogen-bond acceptors (Lipinski definition) is 2. The third-order valence-corrected chi connectivity index (χ3v) is 7.35. The van der Waals surface area contributed by atoms with Crippen molar-refractivity contribution in [3.63, 3.8) is 0 Å². The third kappa shape index (κ3) is 3.37. The molecule has 0 aromatic heterocycles. The number of halogens is 1. The van der Waals surface area contributed by atoms with Gasteiger partial charge >= 0.3 is 0 Å². The molecule has 17 heavy (non-hydrogen) atoms. The molecule has 0 heterocycles. The van der Waals surface area contributed by atoms with Crippen LogP contribution in [0.15, 0.2) is 0 Å². The first-order valence-electron chi connectivity index (χ1n) is 6.40. The summed E-state index contributed by atoms with van der Waals surface area (Å²) in [7, 11) is 2.07. The van der Waals surface area contributed by atoms with Gasteiger partial charge in [0.15, 0.2) is 0 Å². The van der Waals surface area contributed by atoms with Crippen LogP contribution in [0.2, 0.25) is 0 Å². The number of hydrogen-bond donors (Lipinski definition) is 0. The maximum Gasteiger partial charge on any atom is 0.238 e. The summed E-state index contributed by atoms with van der Waals surface area (Å²) in [5, 5.41) is 0. The van der Waals surface area contributed by atoms with Crippen LogP contribution in [0.1, 0.15) is 60.3 Å². The number of rotatable bonds is 2. The zero-order valence-corrected chi connectivity index (χ0v) is 13.2. The molecule has 0 radical (unpaired) electrons. The van der Waals surface area contributed by atoms with Gasteiger partial charge in [0.2, 0.25) is 9.05 Å². The summed E-state index contributed by atoms with van der Waals surface area (Å²) in [5.41, 5.74) is 0.328. The van der Waals surface area contributed by atoms with Crippen LogP contribution in [0, 0.1) is 17.3 Å². The van der Waals surface area contributed by atoms with Crippen molar-refractivity contribution < 1.29 is 8.42 Å². The molecule has 0 aromatic rings. The lowest BCUT2D eigenvalue weighted by molar-refractivity contribution is 0.137. The normalized spacial score (nSPS) is 28.1. The van der Waals surface area contributed by atoms with E-state index in [2.05, 4.69) is 20.8 Å². The van der Waals surface area contributed by atoms with Crippen molar-refractivity contribution in [1.82, 2.24) is 0 Å². The van der Waals surface area contributed by atoms with E-state index >= 15 is 0 Å². The van der Waals surface area contributed by atoms with E-state index in [0.29, 0.717) is 11.3 Å². The molecule has 0 bridgehead atoms. The minimum absolute atomic E-state index is 0.198. The van der Waals surface area contributed by atoms with E-state index < -0.39 is 13.8 Å². The van der Waals surface area contributed by atoms with Crippen LogP contribution in [0.3, 0.4) is 0 Å². The molecule has 0 aliphatic heterocycles. The van der Waals surface area contributed by atoms with Crippen LogP contribution >= 0.6 is 10.7 Å². The Morgan fingerprint density at radius 2 is 1.24 bits per heavy atom. The van der Waals surface area contributed by atoms with Crippen LogP contribution in [0.25, 0.3) is 0 Å². The lowest BCUT2D eigenvalue weighted by atomic mass is 9.68. The Bertz CT molecular complexity index is 357. The summed E-state index contributed by atoms with van der Waals surface area (Å²) in [6.45, 7) is 10.3. The van der Waals surface area contributed by atoms with E-state index in [1.54, 1.807) is 13.8 Å². The molecule has 1 aliphatic carbocycles. The average Bonchev–Trinajstić information content (AvgIpc) is 2.15. The predicted molar refractivity (Wildman–Crippen MR) is 73.8 cm³/mol. The zero-order chi connectivity index (χ0) is 13.5. The smallest absolute Gasteiger partial charge is 0.212 e. The Hall–Kier alpha value is 0.240. The standard InChI is InChI=1S/C13H25ClO2S/c1-12(2,3)10-6-8-11(9-7-10)13(4,5)17(14,15)16/h10-11H,6-9H2,1-5H3. The molecule has 4 heteroatoms. The van der Waals surface area contributed by atoms with Gasteiger partial charge in [0, 0.05) is 10.7 Å². The first-order chi connectivity index (χ1) is 7.46. The van der Waals surface area contributed by atoms with Crippen molar-refractivity contribution in [3.8, 4) is 0 Å². The van der Waals surface area contributed by atoms with Gasteiger partial charge in [0.05, 0.1) is 4.75 Å². The second-order valence-electron chi connectivity index (χ2n) is 6.96. The highest BCUT2D eigenvalue weighted by Gasteiger charge is 2.43. The first-order valence-corrected chi connectivity index (χ1v) is 8.71. The highest BCUT2D eigenvalue weighted by Crippen LogP contribution is 2.45. The maximum atomic E-state index is 11.6. The summed E-state index contributed by atoms with van der Waals surface area (Å²) in [4.78, 5) is 0. The van der Waals surface area contributed by atoms with E-state index in [0.717, 1.165) is 25.7 Å². The summed E-state index contributed by atoms with van der Waals surface area (Å²) in [5.74, 6) is 0.899. The summed E-state index contributed by atoms with van der Waals surface area (Å²) >= 11 is 0. The quantitative estimate of drug-likeness (QED) is 0.711. The summed E-state index contributed by atoms with van der Waals surface area (Å²) in [6, 6.07) is 0. The molecular formula is C13H25ClO2S. The molecule has 0 N–H and O–H groups in total. The molecule has 1 rings (SSSR count). The van der Waals surface area contributed by atoms with E-state index in [4.69, 9.17) is 10.7 Å². The van der Waals surface area contributed by atoms with E-state index in [-0.39, 0.29) is 5.92 Å². The first kappa shape index (κ1) is 15.3. The van der Waals surface area contributed by atoms with Crippen molar-refractivity contribution >= 4 is 19.7 Å². The van der Waals surface area contributed by atoms with Gasteiger partial charge in [-0.15, -0.1) is 0 Å². The molecule has 0 atom stereocenters. The van der Waals surface area contributed by atoms with E-state index in [9.17, 15) is 8.42 Å². The van der Waals surface area contributed by atoms with Crippen molar-refractivity contribution in [3.05, 3.63) is 0 Å². The predicted octanol–water partition coefficient (Wildman–Crippen LogP) is 4.19. The Morgan fingerprint density at radius 3 is 1.53 bits per heavy atom. The molecule has 0 spiro atoms. The minimum atomic E-state index is -3.48. The lowest BCUT2D eigenvalue weighted by Crippen LogP contribution is -2.40. The van der Waals surface area contributed by atoms with Crippen molar-refractivity contribution in [1.29, 1.82) is 0 Å². The van der Waals surface area contributed by atoms with Gasteiger partial charge in [-0.25, -0.2) is 8.42 Å². The highest BCUT2D eigenvalue weighted by molar-refractivity contribution is 8.14. The van der Waals surface area contributed by atoms with Crippen LogP contribution < -0.4 is 0 Å². The van der Waals surface area contributed by atoms with Gasteiger partial charge in [0.25, 0.3) is 0 Å². The Morgan fingerprint density at radius 1 is 0.882 bits per heavy atom. The van der Waals surface area contributed by atoms with Gasteiger partial charge in [-0.3, -0.25) is 0 Å². The Balaban J connectivity index is 2.71. The Kier molecular flexibility index (Phi) is 4.26. The fourth-order valence-corrected chi connectivity index (χ4v) is 3.87. The topological polar surface area (TPSA) is 34.1 Å². The molecule has 102 valence electrons. The monoisotopic (exact) mass is 280 g/mol. The molecule has 2 nitrogen and oxygen atoms in total. The average molecular weight is 281 g/mol. The van der Waals surface area contributed by atoms with Crippen LogP contribution in [0.5, 0.6) is 0 Å². The molecule has 0 amide bonds. The fraction of sp³-hybridized carbons (Fsp3) is 1.00. The molecule has 0 unspecified atom stereocenters. The van der Waals surface area contributed by atoms with Crippen molar-refractivity contribution in [2.45, 2.75) is 65.0 Å². The minimum Gasteiger partial charge on any atom is -0.212 e. The SMILES string of the molecule is CC(C)(C)C1CCC(C(C)(C)S(=O)(=O)Cl)CC1. The van der Waals surface area contributed by atoms with Gasteiger partial charge < -0.3 is 0 Å². The lowest BCUT2D eigenvalue weighted by Gasteiger charge is -2.41. The van der Waals surface area contributed by atoms with Gasteiger partial charge in [-0.2, -0.15) is 0 Å². The largest absolute Gasteiger partial charge is 0.238 e. The zero-order valence-electron chi connectivity index (χ0n) is 11.6. The van der Waals surface area contributed by atoms with Crippen molar-refractivity contribution in [2.24, 2.45) is 17.3 Å². The second kappa shape index (κ2) is 4.73. The second-order valence-corrected chi connectivity index (χ2v) is 10.1. The van der Waals surface area contributed by atoms with E-state index in [1.165, 1.54) is 0 Å². The molecule has 0 aromatic carbocycles. The summed E-state index contributed by atoms with van der Waals surface area (Å²) in [6.07, 6.45) is 4.18. The van der Waals surface area contributed by atoms with Crippen LogP contribution in [0.4, 0.5) is 0 Å². The highest BCUT2D eigenvalue weighted by atomic mass is 35.7. The molecular weight excluding hydrogens is 256 g/mol. The summed E-state index contributed by atoms with van der Waals surface area (Å²) < 4.78 is 22.4. The Labute approximate surface area is 111 Å². The van der Waals surface area contributed by atoms with Crippen LogP contribution in [-0.2, 0) is 9.05 Å². The fourth-order valence-electron chi connectivity index (χ4n) is 2.85. The molecule has 1 aliphatic rings. The van der Waals surface area contributed by atoms with Gasteiger partial charge in [-0.1, -0.05) is 20.8 Å². The van der Waals surface area contributed by atoms with Crippen molar-refractivity contribution in [2.75, 3.05) is 0 Å². The molecule has 1 fully saturated rings. The third-order valence-electron chi connectivity index (χ3n) is 4.56. The van der Waals surface area contributed by atoms with E-state index in [1.807, 2.05) is 0 Å². The van der Waals surface area contributed by atoms with Crippen LogP contribution in [-0.4, -0.2) is 13.2 Å². The van der Waals surface area contributed by atoms with Gasteiger partial charge in [0.1, 0.15) is 0 Å².